The van der Waals surface area contributed by atoms with Gasteiger partial charge in [-0.3, -0.25) is 9.59 Å². The predicted octanol–water partition coefficient (Wildman–Crippen LogP) is 0.240. The SMILES string of the molecule is CCOC(=O)N1CCN(C(=O)CCC(=O)OC)CC1. The molecule has 7 nitrogen and oxygen atoms in total. The van der Waals surface area contributed by atoms with Crippen LogP contribution in [0.3, 0.4) is 0 Å². The first-order valence-corrected chi connectivity index (χ1v) is 6.34. The van der Waals surface area contributed by atoms with E-state index in [0.29, 0.717) is 32.8 Å². The molecule has 1 rings (SSSR count). The summed E-state index contributed by atoms with van der Waals surface area (Å²) in [6.45, 7) is 3.96. The number of rotatable bonds is 4. The molecule has 108 valence electrons. The zero-order chi connectivity index (χ0) is 14.3. The minimum atomic E-state index is -0.390. The van der Waals surface area contributed by atoms with Gasteiger partial charge in [-0.2, -0.15) is 0 Å². The van der Waals surface area contributed by atoms with E-state index in [1.165, 1.54) is 7.11 Å². The molecule has 0 radical (unpaired) electrons. The molecule has 7 heteroatoms. The van der Waals surface area contributed by atoms with E-state index in [-0.39, 0.29) is 24.8 Å². The van der Waals surface area contributed by atoms with Crippen molar-refractivity contribution in [3.63, 3.8) is 0 Å². The standard InChI is InChI=1S/C12H20N2O5/c1-3-19-12(17)14-8-6-13(7-9-14)10(15)4-5-11(16)18-2/h3-9H2,1-2H3. The number of methoxy groups -OCH3 is 1. The molecule has 0 unspecified atom stereocenters. The summed E-state index contributed by atoms with van der Waals surface area (Å²) in [4.78, 5) is 37.5. The first kappa shape index (κ1) is 15.3. The Morgan fingerprint density at radius 1 is 1.00 bits per heavy atom. The highest BCUT2D eigenvalue weighted by molar-refractivity contribution is 5.81. The monoisotopic (exact) mass is 272 g/mol. The van der Waals surface area contributed by atoms with E-state index < -0.39 is 5.97 Å². The number of ether oxygens (including phenoxy) is 2. The van der Waals surface area contributed by atoms with Crippen LogP contribution in [-0.4, -0.2) is 67.7 Å². The molecule has 1 heterocycles. The highest BCUT2D eigenvalue weighted by Crippen LogP contribution is 2.07. The van der Waals surface area contributed by atoms with Crippen molar-refractivity contribution in [3.05, 3.63) is 0 Å². The van der Waals surface area contributed by atoms with Crippen LogP contribution < -0.4 is 0 Å². The number of amides is 2. The van der Waals surface area contributed by atoms with Gasteiger partial charge in [0.05, 0.1) is 20.1 Å². The molecular formula is C12H20N2O5. The molecule has 1 saturated heterocycles. The van der Waals surface area contributed by atoms with E-state index in [0.717, 1.165) is 0 Å². The van der Waals surface area contributed by atoms with Gasteiger partial charge in [0.2, 0.25) is 5.91 Å². The van der Waals surface area contributed by atoms with Crippen molar-refractivity contribution in [3.8, 4) is 0 Å². The molecule has 0 aromatic carbocycles. The molecule has 0 saturated carbocycles. The summed E-state index contributed by atoms with van der Waals surface area (Å²) in [5.41, 5.74) is 0. The molecule has 0 spiro atoms. The topological polar surface area (TPSA) is 76.2 Å². The van der Waals surface area contributed by atoms with Gasteiger partial charge in [-0.15, -0.1) is 0 Å². The molecule has 1 aliphatic heterocycles. The molecule has 0 aromatic heterocycles. The van der Waals surface area contributed by atoms with Gasteiger partial charge in [-0.25, -0.2) is 4.79 Å². The zero-order valence-corrected chi connectivity index (χ0v) is 11.4. The summed E-state index contributed by atoms with van der Waals surface area (Å²) in [6, 6.07) is 0. The molecule has 0 aromatic rings. The van der Waals surface area contributed by atoms with E-state index in [9.17, 15) is 14.4 Å². The van der Waals surface area contributed by atoms with Crippen LogP contribution in [0.2, 0.25) is 0 Å². The molecule has 19 heavy (non-hydrogen) atoms. The second-order valence-corrected chi connectivity index (χ2v) is 4.14. The van der Waals surface area contributed by atoms with Gasteiger partial charge in [0, 0.05) is 32.6 Å². The van der Waals surface area contributed by atoms with Crippen LogP contribution in [-0.2, 0) is 19.1 Å². The Hall–Kier alpha value is -1.79. The van der Waals surface area contributed by atoms with Gasteiger partial charge >= 0.3 is 12.1 Å². The van der Waals surface area contributed by atoms with Crippen molar-refractivity contribution in [1.29, 1.82) is 0 Å². The van der Waals surface area contributed by atoms with Crippen molar-refractivity contribution in [2.45, 2.75) is 19.8 Å². The molecule has 2 amide bonds. The minimum Gasteiger partial charge on any atom is -0.469 e. The fourth-order valence-corrected chi connectivity index (χ4v) is 1.82. The maximum Gasteiger partial charge on any atom is 0.409 e. The van der Waals surface area contributed by atoms with Crippen molar-refractivity contribution in [2.24, 2.45) is 0 Å². The number of hydrogen-bond acceptors (Lipinski definition) is 5. The Balaban J connectivity index is 2.31. The summed E-state index contributed by atoms with van der Waals surface area (Å²) in [6.07, 6.45) is -0.108. The Kier molecular flexibility index (Phi) is 6.11. The maximum atomic E-state index is 11.8. The molecular weight excluding hydrogens is 252 g/mol. The first-order chi connectivity index (χ1) is 9.08. The minimum absolute atomic E-state index is 0.0890. The third kappa shape index (κ3) is 4.76. The van der Waals surface area contributed by atoms with Crippen molar-refractivity contribution in [1.82, 2.24) is 9.80 Å². The second-order valence-electron chi connectivity index (χ2n) is 4.14. The van der Waals surface area contributed by atoms with E-state index in [1.807, 2.05) is 0 Å². The fourth-order valence-electron chi connectivity index (χ4n) is 1.82. The van der Waals surface area contributed by atoms with E-state index in [1.54, 1.807) is 16.7 Å². The summed E-state index contributed by atoms with van der Waals surface area (Å²) in [5, 5.41) is 0. The summed E-state index contributed by atoms with van der Waals surface area (Å²) in [7, 11) is 1.30. The van der Waals surface area contributed by atoms with Gasteiger partial charge in [0.1, 0.15) is 0 Å². The number of hydrogen-bond donors (Lipinski definition) is 0. The van der Waals surface area contributed by atoms with Crippen LogP contribution in [0, 0.1) is 0 Å². The maximum absolute atomic E-state index is 11.8. The average Bonchev–Trinajstić information content (AvgIpc) is 2.44. The molecule has 0 aliphatic carbocycles. The smallest absolute Gasteiger partial charge is 0.409 e. The van der Waals surface area contributed by atoms with Gasteiger partial charge in [0.15, 0.2) is 0 Å². The molecule has 0 N–H and O–H groups in total. The Morgan fingerprint density at radius 2 is 1.58 bits per heavy atom. The predicted molar refractivity (Wildman–Crippen MR) is 66.4 cm³/mol. The van der Waals surface area contributed by atoms with E-state index >= 15 is 0 Å². The normalized spacial score (nSPS) is 15.1. The lowest BCUT2D eigenvalue weighted by molar-refractivity contribution is -0.144. The summed E-state index contributed by atoms with van der Waals surface area (Å²) in [5.74, 6) is -0.479. The number of piperazine rings is 1. The van der Waals surface area contributed by atoms with Gasteiger partial charge < -0.3 is 19.3 Å². The average molecular weight is 272 g/mol. The van der Waals surface area contributed by atoms with Crippen molar-refractivity contribution < 1.29 is 23.9 Å². The second kappa shape index (κ2) is 7.60. The summed E-state index contributed by atoms with van der Waals surface area (Å²) < 4.78 is 9.38. The Labute approximate surface area is 112 Å². The number of nitrogens with zero attached hydrogens (tertiary/aromatic N) is 2. The largest absolute Gasteiger partial charge is 0.469 e. The number of carbonyl (C=O) groups excluding carboxylic acids is 3. The number of esters is 1. The molecule has 0 atom stereocenters. The lowest BCUT2D eigenvalue weighted by Crippen LogP contribution is -2.50. The van der Waals surface area contributed by atoms with Crippen LogP contribution in [0.5, 0.6) is 0 Å². The van der Waals surface area contributed by atoms with E-state index in [4.69, 9.17) is 4.74 Å². The van der Waals surface area contributed by atoms with Crippen LogP contribution in [0.15, 0.2) is 0 Å². The Bertz CT molecular complexity index is 337. The third-order valence-corrected chi connectivity index (χ3v) is 2.93. The van der Waals surface area contributed by atoms with Gasteiger partial charge in [-0.1, -0.05) is 0 Å². The van der Waals surface area contributed by atoms with E-state index in [2.05, 4.69) is 4.74 Å². The quantitative estimate of drug-likeness (QED) is 0.685. The lowest BCUT2D eigenvalue weighted by Gasteiger charge is -2.34. The molecule has 1 fully saturated rings. The highest BCUT2D eigenvalue weighted by atomic mass is 16.6. The highest BCUT2D eigenvalue weighted by Gasteiger charge is 2.24. The fraction of sp³-hybridized carbons (Fsp3) is 0.750. The molecule has 0 bridgehead atoms. The third-order valence-electron chi connectivity index (χ3n) is 2.93. The zero-order valence-electron chi connectivity index (χ0n) is 11.4. The van der Waals surface area contributed by atoms with Gasteiger partial charge in [-0.05, 0) is 6.92 Å². The van der Waals surface area contributed by atoms with Crippen LogP contribution in [0.4, 0.5) is 4.79 Å². The molecule has 1 aliphatic rings. The van der Waals surface area contributed by atoms with Crippen LogP contribution in [0.1, 0.15) is 19.8 Å². The van der Waals surface area contributed by atoms with Crippen LogP contribution in [0.25, 0.3) is 0 Å². The Morgan fingerprint density at radius 3 is 2.11 bits per heavy atom. The summed E-state index contributed by atoms with van der Waals surface area (Å²) >= 11 is 0. The lowest BCUT2D eigenvalue weighted by atomic mass is 10.2. The van der Waals surface area contributed by atoms with Gasteiger partial charge in [0.25, 0.3) is 0 Å². The van der Waals surface area contributed by atoms with Crippen molar-refractivity contribution in [2.75, 3.05) is 39.9 Å². The van der Waals surface area contributed by atoms with Crippen LogP contribution >= 0.6 is 0 Å². The number of carbonyl (C=O) groups is 3. The first-order valence-electron chi connectivity index (χ1n) is 6.34. The van der Waals surface area contributed by atoms with Crippen molar-refractivity contribution >= 4 is 18.0 Å².